The molecule has 27 heavy (non-hydrogen) atoms. The average Bonchev–Trinajstić information content (AvgIpc) is 2.78. The first-order valence-electron chi connectivity index (χ1n) is 8.46. The summed E-state index contributed by atoms with van der Waals surface area (Å²) in [6, 6.07) is 15.4. The molecule has 1 N–H and O–H groups in total. The Bertz CT molecular complexity index is 1120. The monoisotopic (exact) mass is 381 g/mol. The second-order valence-corrected chi connectivity index (χ2v) is 7.66. The molecule has 0 fully saturated rings. The van der Waals surface area contributed by atoms with Gasteiger partial charge in [-0.05, 0) is 25.1 Å². The van der Waals surface area contributed by atoms with E-state index in [1.807, 2.05) is 28.8 Å². The van der Waals surface area contributed by atoms with Crippen molar-refractivity contribution in [3.8, 4) is 5.69 Å². The van der Waals surface area contributed by atoms with Gasteiger partial charge in [-0.25, -0.2) is 9.18 Å². The van der Waals surface area contributed by atoms with E-state index in [4.69, 9.17) is 0 Å². The molecule has 1 aliphatic heterocycles. The smallest absolute Gasteiger partial charge is 0.341 e. The lowest BCUT2D eigenvalue weighted by atomic mass is 10.0. The summed E-state index contributed by atoms with van der Waals surface area (Å²) in [5.41, 5.74) is 1.58. The van der Waals surface area contributed by atoms with E-state index in [0.29, 0.717) is 17.0 Å². The topological polar surface area (TPSA) is 59.3 Å². The number of hydrogen-bond donors (Lipinski definition) is 1. The van der Waals surface area contributed by atoms with Crippen LogP contribution in [0.15, 0.2) is 64.3 Å². The number of hydrogen-bond acceptors (Lipinski definition) is 3. The molecule has 2 aromatic carbocycles. The van der Waals surface area contributed by atoms with Crippen molar-refractivity contribution < 1.29 is 14.3 Å². The largest absolute Gasteiger partial charge is 0.477 e. The van der Waals surface area contributed by atoms with Crippen LogP contribution in [0.1, 0.15) is 32.6 Å². The number of aryl methyl sites for hydroxylation is 1. The van der Waals surface area contributed by atoms with Gasteiger partial charge in [-0.1, -0.05) is 30.3 Å². The zero-order valence-electron chi connectivity index (χ0n) is 14.5. The quantitative estimate of drug-likeness (QED) is 0.716. The zero-order valence-corrected chi connectivity index (χ0v) is 15.3. The second kappa shape index (κ2) is 6.70. The van der Waals surface area contributed by atoms with Crippen LogP contribution in [0.2, 0.25) is 0 Å². The van der Waals surface area contributed by atoms with Gasteiger partial charge in [0.15, 0.2) is 5.43 Å². The summed E-state index contributed by atoms with van der Waals surface area (Å²) in [5.74, 6) is -1.60. The van der Waals surface area contributed by atoms with Gasteiger partial charge in [0.05, 0.1) is 5.69 Å². The Hall–Kier alpha value is -2.86. The summed E-state index contributed by atoms with van der Waals surface area (Å²) < 4.78 is 16.3. The van der Waals surface area contributed by atoms with Crippen LogP contribution in [0, 0.1) is 12.7 Å². The van der Waals surface area contributed by atoms with Gasteiger partial charge in [-0.2, -0.15) is 0 Å². The number of nitrogens with zero attached hydrogens (tertiary/aromatic N) is 1. The lowest BCUT2D eigenvalue weighted by Gasteiger charge is -2.19. The Labute approximate surface area is 159 Å². The van der Waals surface area contributed by atoms with E-state index in [2.05, 4.69) is 0 Å². The van der Waals surface area contributed by atoms with Crippen LogP contribution >= 0.6 is 11.8 Å². The molecule has 4 nitrogen and oxygen atoms in total. The van der Waals surface area contributed by atoms with Crippen molar-refractivity contribution in [2.75, 3.05) is 0 Å². The zero-order chi connectivity index (χ0) is 19.1. The number of para-hydroxylation sites is 1. The van der Waals surface area contributed by atoms with Crippen molar-refractivity contribution in [1.29, 1.82) is 0 Å². The molecule has 6 heteroatoms. The summed E-state index contributed by atoms with van der Waals surface area (Å²) >= 11 is 1.48. The van der Waals surface area contributed by atoms with Crippen molar-refractivity contribution in [3.05, 3.63) is 93.2 Å². The maximum atomic E-state index is 14.5. The van der Waals surface area contributed by atoms with Gasteiger partial charge in [0.2, 0.25) is 0 Å². The minimum Gasteiger partial charge on any atom is -0.477 e. The molecule has 0 saturated heterocycles. The molecule has 3 aromatic rings. The Morgan fingerprint density at radius 3 is 2.63 bits per heavy atom. The van der Waals surface area contributed by atoms with E-state index in [0.717, 1.165) is 10.6 Å². The van der Waals surface area contributed by atoms with Crippen molar-refractivity contribution in [3.63, 3.8) is 0 Å². The molecule has 1 aromatic heterocycles. The molecule has 136 valence electrons. The summed E-state index contributed by atoms with van der Waals surface area (Å²) in [6.45, 7) is 1.78. The third-order valence-electron chi connectivity index (χ3n) is 4.72. The molecular weight excluding hydrogens is 365 g/mol. The molecule has 0 amide bonds. The van der Waals surface area contributed by atoms with Crippen LogP contribution in [0.4, 0.5) is 4.39 Å². The molecule has 2 heterocycles. The number of carboxylic acids is 1. The number of halogens is 1. The van der Waals surface area contributed by atoms with Crippen molar-refractivity contribution in [2.45, 2.75) is 23.5 Å². The van der Waals surface area contributed by atoms with Gasteiger partial charge in [0.25, 0.3) is 0 Å². The molecule has 0 bridgehead atoms. The van der Waals surface area contributed by atoms with E-state index >= 15 is 0 Å². The minimum atomic E-state index is -1.26. The second-order valence-electron chi connectivity index (χ2n) is 6.41. The van der Waals surface area contributed by atoms with E-state index in [-0.39, 0.29) is 23.1 Å². The van der Waals surface area contributed by atoms with Crippen LogP contribution in [0.25, 0.3) is 5.69 Å². The number of fused-ring (bicyclic) bond motifs is 3. The molecule has 0 aliphatic carbocycles. The molecule has 4 rings (SSSR count). The number of carboxylic acid groups (broad SMARTS) is 1. The lowest BCUT2D eigenvalue weighted by Crippen LogP contribution is -2.24. The van der Waals surface area contributed by atoms with Gasteiger partial charge < -0.3 is 9.67 Å². The number of benzene rings is 2. The SMILES string of the molecule is Cc1cc(=O)c(C(=O)O)c2n1-c1ccccc1SC(c1ccccc1F)C2. The van der Waals surface area contributed by atoms with Crippen LogP contribution in [-0.4, -0.2) is 15.6 Å². The molecule has 1 atom stereocenters. The average molecular weight is 381 g/mol. The Balaban J connectivity index is 2.05. The fourth-order valence-electron chi connectivity index (χ4n) is 3.57. The number of aromatic nitrogens is 1. The van der Waals surface area contributed by atoms with Gasteiger partial charge >= 0.3 is 5.97 Å². The molecule has 0 spiro atoms. The number of aromatic carboxylic acids is 1. The Morgan fingerprint density at radius 2 is 1.89 bits per heavy atom. The first-order chi connectivity index (χ1) is 13.0. The Morgan fingerprint density at radius 1 is 1.19 bits per heavy atom. The summed E-state index contributed by atoms with van der Waals surface area (Å²) in [7, 11) is 0. The van der Waals surface area contributed by atoms with Crippen LogP contribution < -0.4 is 5.43 Å². The predicted molar refractivity (Wildman–Crippen MR) is 102 cm³/mol. The standard InChI is InChI=1S/C21H16FNO3S/c1-12-10-17(24)20(21(25)26)16-11-19(13-6-2-3-7-14(13)22)27-18-9-5-4-8-15(18)23(12)16/h2-10,19H,11H2,1H3,(H,25,26). The van der Waals surface area contributed by atoms with Crippen LogP contribution in [0.3, 0.4) is 0 Å². The number of rotatable bonds is 2. The molecular formula is C21H16FNO3S. The maximum absolute atomic E-state index is 14.5. The highest BCUT2D eigenvalue weighted by Crippen LogP contribution is 2.44. The summed E-state index contributed by atoms with van der Waals surface area (Å²) in [6.07, 6.45) is 0.235. The molecule has 1 aliphatic rings. The number of pyridine rings is 1. The number of thioether (sulfide) groups is 1. The van der Waals surface area contributed by atoms with E-state index in [1.54, 1.807) is 25.1 Å². The third kappa shape index (κ3) is 2.96. The lowest BCUT2D eigenvalue weighted by molar-refractivity contribution is 0.0693. The summed E-state index contributed by atoms with van der Waals surface area (Å²) in [5, 5.41) is 9.32. The highest BCUT2D eigenvalue weighted by molar-refractivity contribution is 7.99. The molecule has 0 saturated carbocycles. The van der Waals surface area contributed by atoms with E-state index in [1.165, 1.54) is 23.9 Å². The van der Waals surface area contributed by atoms with Gasteiger partial charge in [0.1, 0.15) is 11.4 Å². The summed E-state index contributed by atoms with van der Waals surface area (Å²) in [4.78, 5) is 25.2. The van der Waals surface area contributed by atoms with Crippen LogP contribution in [0.5, 0.6) is 0 Å². The first kappa shape index (κ1) is 17.5. The first-order valence-corrected chi connectivity index (χ1v) is 9.34. The van der Waals surface area contributed by atoms with Gasteiger partial charge in [-0.3, -0.25) is 4.79 Å². The molecule has 1 unspecified atom stereocenters. The van der Waals surface area contributed by atoms with Crippen molar-refractivity contribution in [1.82, 2.24) is 4.57 Å². The van der Waals surface area contributed by atoms with Gasteiger partial charge in [0, 0.05) is 39.6 Å². The van der Waals surface area contributed by atoms with Crippen LogP contribution in [-0.2, 0) is 6.42 Å². The van der Waals surface area contributed by atoms with Crippen molar-refractivity contribution >= 4 is 17.7 Å². The highest BCUT2D eigenvalue weighted by atomic mass is 32.2. The van der Waals surface area contributed by atoms with E-state index < -0.39 is 11.4 Å². The maximum Gasteiger partial charge on any atom is 0.341 e. The van der Waals surface area contributed by atoms with E-state index in [9.17, 15) is 19.1 Å². The third-order valence-corrected chi connectivity index (χ3v) is 6.02. The highest BCUT2D eigenvalue weighted by Gasteiger charge is 2.29. The fraction of sp³-hybridized carbons (Fsp3) is 0.143. The number of carbonyl (C=O) groups is 1. The molecule has 0 radical (unpaired) electrons. The van der Waals surface area contributed by atoms with Crippen molar-refractivity contribution in [2.24, 2.45) is 0 Å². The minimum absolute atomic E-state index is 0.235. The predicted octanol–water partition coefficient (Wildman–Crippen LogP) is 4.37. The van der Waals surface area contributed by atoms with Gasteiger partial charge in [-0.15, -0.1) is 11.8 Å². The Kier molecular flexibility index (Phi) is 4.36. The fourth-order valence-corrected chi connectivity index (χ4v) is 4.88. The normalized spacial score (nSPS) is 15.6.